The summed E-state index contributed by atoms with van der Waals surface area (Å²) in [6, 6.07) is 0. The topological polar surface area (TPSA) is 155 Å². The zero-order valence-electron chi connectivity index (χ0n) is 28.6. The van der Waals surface area contributed by atoms with Gasteiger partial charge in [0.2, 0.25) is 0 Å². The van der Waals surface area contributed by atoms with Crippen LogP contribution in [0.3, 0.4) is 0 Å². The molecule has 1 saturated carbocycles. The molecule has 3 rings (SSSR count). The zero-order chi connectivity index (χ0) is 34.6. The third-order valence-electron chi connectivity index (χ3n) is 9.67. The van der Waals surface area contributed by atoms with E-state index in [1.807, 2.05) is 19.9 Å². The van der Waals surface area contributed by atoms with E-state index in [-0.39, 0.29) is 24.8 Å². The number of esters is 4. The highest BCUT2D eigenvalue weighted by molar-refractivity contribution is 5.85. The van der Waals surface area contributed by atoms with Crippen LogP contribution in [0.4, 0.5) is 0 Å². The third kappa shape index (κ3) is 7.05. The molecule has 0 radical (unpaired) electrons. The SMILES string of the molecule is C=C(O[C@H]1C(C)=C2[C@H]3OC(=O)[C@](C)(O)[C@]3(O)[C@H](OC(=O)CCC)C[C@@](C)(OC(C)=O)[C@@H]2[C@H]1OC(=O)CCCCCCC)/C(C)=C/C. The van der Waals surface area contributed by atoms with E-state index < -0.39 is 71.0 Å². The van der Waals surface area contributed by atoms with E-state index in [9.17, 15) is 29.4 Å². The maximum absolute atomic E-state index is 13.4. The molecule has 0 bridgehead atoms. The minimum absolute atomic E-state index is 0.00441. The van der Waals surface area contributed by atoms with E-state index in [0.29, 0.717) is 24.2 Å². The number of ether oxygens (including phenoxy) is 5. The summed E-state index contributed by atoms with van der Waals surface area (Å²) in [5.41, 5.74) is -5.21. The van der Waals surface area contributed by atoms with Crippen molar-refractivity contribution in [3.63, 3.8) is 0 Å². The van der Waals surface area contributed by atoms with Gasteiger partial charge in [-0.25, -0.2) is 4.79 Å². The fourth-order valence-corrected chi connectivity index (χ4v) is 6.98. The van der Waals surface area contributed by atoms with Gasteiger partial charge in [-0.2, -0.15) is 0 Å². The van der Waals surface area contributed by atoms with Gasteiger partial charge in [0.05, 0.1) is 5.92 Å². The predicted octanol–water partition coefficient (Wildman–Crippen LogP) is 4.92. The normalized spacial score (nSPS) is 33.8. The van der Waals surface area contributed by atoms with Crippen LogP contribution in [0.25, 0.3) is 0 Å². The molecular formula is C35H52O11. The van der Waals surface area contributed by atoms with Gasteiger partial charge in [0.15, 0.2) is 29.5 Å². The molecule has 0 amide bonds. The molecule has 1 heterocycles. The van der Waals surface area contributed by atoms with E-state index in [1.54, 1.807) is 20.8 Å². The molecule has 0 aromatic carbocycles. The van der Waals surface area contributed by atoms with Crippen LogP contribution in [0.2, 0.25) is 0 Å². The Balaban J connectivity index is 2.23. The van der Waals surface area contributed by atoms with Crippen LogP contribution in [0.15, 0.2) is 35.1 Å². The Kier molecular flexibility index (Phi) is 11.9. The number of rotatable bonds is 14. The number of aliphatic hydroxyl groups is 2. The van der Waals surface area contributed by atoms with Gasteiger partial charge < -0.3 is 33.9 Å². The van der Waals surface area contributed by atoms with Crippen molar-refractivity contribution in [1.82, 2.24) is 0 Å². The summed E-state index contributed by atoms with van der Waals surface area (Å²) in [6.07, 6.45) is 1.41. The van der Waals surface area contributed by atoms with Gasteiger partial charge in [-0.15, -0.1) is 0 Å². The Morgan fingerprint density at radius 2 is 1.61 bits per heavy atom. The Hall–Kier alpha value is -3.18. The average Bonchev–Trinajstić information content (AvgIpc) is 3.30. The summed E-state index contributed by atoms with van der Waals surface area (Å²) in [7, 11) is 0. The first-order chi connectivity index (χ1) is 21.5. The maximum Gasteiger partial charge on any atom is 0.341 e. The lowest BCUT2D eigenvalue weighted by Crippen LogP contribution is -2.64. The lowest BCUT2D eigenvalue weighted by molar-refractivity contribution is -0.211. The number of carbonyl (C=O) groups excluding carboxylic acids is 4. The Labute approximate surface area is 272 Å². The molecule has 2 fully saturated rings. The fourth-order valence-electron chi connectivity index (χ4n) is 6.98. The van der Waals surface area contributed by atoms with Crippen molar-refractivity contribution in [3.8, 4) is 0 Å². The van der Waals surface area contributed by atoms with Crippen LogP contribution in [0.5, 0.6) is 0 Å². The van der Waals surface area contributed by atoms with Crippen LogP contribution in [0, 0.1) is 5.92 Å². The number of allylic oxidation sites excluding steroid dienone is 2. The summed E-state index contributed by atoms with van der Waals surface area (Å²) in [6.45, 7) is 17.1. The summed E-state index contributed by atoms with van der Waals surface area (Å²) >= 11 is 0. The van der Waals surface area contributed by atoms with Gasteiger partial charge >= 0.3 is 23.9 Å². The summed E-state index contributed by atoms with van der Waals surface area (Å²) in [5.74, 6) is -3.70. The summed E-state index contributed by atoms with van der Waals surface area (Å²) < 4.78 is 30.0. The second-order valence-corrected chi connectivity index (χ2v) is 13.2. The number of fused-ring (bicyclic) bond motifs is 3. The first kappa shape index (κ1) is 37.3. The van der Waals surface area contributed by atoms with Crippen molar-refractivity contribution in [2.75, 3.05) is 0 Å². The van der Waals surface area contributed by atoms with Gasteiger partial charge in [0, 0.05) is 26.2 Å². The van der Waals surface area contributed by atoms with Crippen molar-refractivity contribution in [3.05, 3.63) is 35.1 Å². The largest absolute Gasteiger partial charge is 0.483 e. The predicted molar refractivity (Wildman–Crippen MR) is 168 cm³/mol. The lowest BCUT2D eigenvalue weighted by Gasteiger charge is -2.42. The highest BCUT2D eigenvalue weighted by Gasteiger charge is 2.76. The van der Waals surface area contributed by atoms with E-state index in [0.717, 1.165) is 38.2 Å². The number of carbonyl (C=O) groups is 4. The van der Waals surface area contributed by atoms with E-state index in [1.165, 1.54) is 6.92 Å². The van der Waals surface area contributed by atoms with Crippen LogP contribution < -0.4 is 0 Å². The molecule has 46 heavy (non-hydrogen) atoms. The van der Waals surface area contributed by atoms with Crippen molar-refractivity contribution in [2.45, 2.75) is 154 Å². The Bertz CT molecular complexity index is 1260. The zero-order valence-corrected chi connectivity index (χ0v) is 28.6. The molecule has 8 atom stereocenters. The molecule has 2 aliphatic carbocycles. The molecule has 0 aromatic heterocycles. The summed E-state index contributed by atoms with van der Waals surface area (Å²) in [4.78, 5) is 52.1. The van der Waals surface area contributed by atoms with Gasteiger partial charge in [-0.05, 0) is 64.2 Å². The van der Waals surface area contributed by atoms with Crippen molar-refractivity contribution in [2.24, 2.45) is 5.92 Å². The molecule has 258 valence electrons. The van der Waals surface area contributed by atoms with Crippen LogP contribution >= 0.6 is 0 Å². The third-order valence-corrected chi connectivity index (χ3v) is 9.67. The Morgan fingerprint density at radius 3 is 2.20 bits per heavy atom. The molecule has 0 unspecified atom stereocenters. The molecule has 2 N–H and O–H groups in total. The molecule has 0 spiro atoms. The standard InChI is InChI=1S/C35H52O11/c1-10-13-14-15-16-18-26(38)44-30-28-27(21(5)29(30)42-22(6)20(4)12-3)31-35(41,34(9,40)32(39)45-31)24(43-25(37)17-11-2)19-33(28,8)46-23(7)36/h12,24,28-31,40-41H,6,10-11,13-19H2,1-5,7-9H3/b20-12+/t24-,28+,29+,30-,31-,33-,34+,35+/m1/s1. The quantitative estimate of drug-likeness (QED) is 0.0659. The van der Waals surface area contributed by atoms with Gasteiger partial charge in [0.1, 0.15) is 17.5 Å². The lowest BCUT2D eigenvalue weighted by atomic mass is 9.75. The smallest absolute Gasteiger partial charge is 0.341 e. The minimum Gasteiger partial charge on any atom is -0.483 e. The van der Waals surface area contributed by atoms with Gasteiger partial charge in [0.25, 0.3) is 0 Å². The van der Waals surface area contributed by atoms with Crippen molar-refractivity contribution in [1.29, 1.82) is 0 Å². The second-order valence-electron chi connectivity index (χ2n) is 13.2. The molecule has 1 saturated heterocycles. The number of hydrogen-bond acceptors (Lipinski definition) is 11. The highest BCUT2D eigenvalue weighted by atomic mass is 16.6. The molecule has 11 heteroatoms. The molecule has 0 aromatic rings. The maximum atomic E-state index is 13.4. The van der Waals surface area contributed by atoms with Crippen LogP contribution in [0.1, 0.15) is 113 Å². The first-order valence-corrected chi connectivity index (χ1v) is 16.4. The highest BCUT2D eigenvalue weighted by Crippen LogP contribution is 2.57. The van der Waals surface area contributed by atoms with E-state index in [4.69, 9.17) is 23.7 Å². The van der Waals surface area contributed by atoms with E-state index in [2.05, 4.69) is 13.5 Å². The Morgan fingerprint density at radius 1 is 0.978 bits per heavy atom. The summed E-state index contributed by atoms with van der Waals surface area (Å²) in [5, 5.41) is 23.9. The second kappa shape index (κ2) is 14.7. The number of hydrogen-bond donors (Lipinski definition) is 2. The van der Waals surface area contributed by atoms with Crippen LogP contribution in [-0.4, -0.2) is 75.3 Å². The molecular weight excluding hydrogens is 596 g/mol. The average molecular weight is 649 g/mol. The van der Waals surface area contributed by atoms with Crippen LogP contribution in [-0.2, 0) is 42.9 Å². The minimum atomic E-state index is -2.52. The van der Waals surface area contributed by atoms with E-state index >= 15 is 0 Å². The van der Waals surface area contributed by atoms with Crippen molar-refractivity contribution < 1.29 is 53.1 Å². The molecule has 11 nitrogen and oxygen atoms in total. The molecule has 3 aliphatic rings. The molecule has 1 aliphatic heterocycles. The number of unbranched alkanes of at least 4 members (excludes halogenated alkanes) is 4. The monoisotopic (exact) mass is 648 g/mol. The van der Waals surface area contributed by atoms with Crippen molar-refractivity contribution >= 4 is 23.9 Å². The van der Waals surface area contributed by atoms with Gasteiger partial charge in [-0.1, -0.05) is 52.2 Å². The fraction of sp³-hybridized carbons (Fsp3) is 0.714. The van der Waals surface area contributed by atoms with Gasteiger partial charge in [-0.3, -0.25) is 14.4 Å². The first-order valence-electron chi connectivity index (χ1n) is 16.4.